The maximum atomic E-state index is 5.19. The van der Waals surface area contributed by atoms with E-state index in [1.807, 2.05) is 6.07 Å². The van der Waals surface area contributed by atoms with Gasteiger partial charge in [0.05, 0.1) is 22.2 Å². The molecule has 0 N–H and O–H groups in total. The lowest BCUT2D eigenvalue weighted by Gasteiger charge is -2.12. The van der Waals surface area contributed by atoms with Gasteiger partial charge in [0.2, 0.25) is 0 Å². The Bertz CT molecular complexity index is 2750. The molecule has 0 saturated heterocycles. The summed E-state index contributed by atoms with van der Waals surface area (Å²) in [5.74, 6) is 0.720. The first kappa shape index (κ1) is 26.0. The van der Waals surface area contributed by atoms with E-state index in [0.29, 0.717) is 0 Å². The molecule has 0 bridgehead atoms. The number of hydrogen-bond donors (Lipinski definition) is 0. The van der Waals surface area contributed by atoms with E-state index in [-0.39, 0.29) is 0 Å². The first-order chi connectivity index (χ1) is 23.3. The molecule has 0 atom stereocenters. The van der Waals surface area contributed by atoms with Crippen molar-refractivity contribution in [1.29, 1.82) is 0 Å². The number of aromatic nitrogens is 3. The smallest absolute Gasteiger partial charge is 0.160 e. The van der Waals surface area contributed by atoms with Gasteiger partial charge in [0.15, 0.2) is 5.82 Å². The van der Waals surface area contributed by atoms with Crippen LogP contribution in [0.5, 0.6) is 0 Å². The highest BCUT2D eigenvalue weighted by Gasteiger charge is 2.18. The fourth-order valence-corrected chi connectivity index (χ4v) is 7.35. The lowest BCUT2D eigenvalue weighted by molar-refractivity contribution is 1.18. The number of nitrogens with zero attached hydrogens (tertiary/aromatic N) is 3. The van der Waals surface area contributed by atoms with Crippen LogP contribution in [0.15, 0.2) is 164 Å². The monoisotopic (exact) mass is 597 g/mol. The number of benzene rings is 8. The molecule has 8 aromatic carbocycles. The van der Waals surface area contributed by atoms with Gasteiger partial charge in [0.1, 0.15) is 0 Å². The van der Waals surface area contributed by atoms with Crippen molar-refractivity contribution in [2.45, 2.75) is 0 Å². The normalized spacial score (nSPS) is 11.8. The molecule has 0 saturated carbocycles. The molecule has 10 aromatic rings. The van der Waals surface area contributed by atoms with E-state index in [0.717, 1.165) is 39.2 Å². The van der Waals surface area contributed by atoms with E-state index in [9.17, 15) is 0 Å². The van der Waals surface area contributed by atoms with E-state index >= 15 is 0 Å². The lowest BCUT2D eigenvalue weighted by Crippen LogP contribution is -1.97. The second kappa shape index (κ2) is 10.1. The molecule has 0 fully saturated rings. The molecule has 3 nitrogen and oxygen atoms in total. The Balaban J connectivity index is 1.17. The summed E-state index contributed by atoms with van der Waals surface area (Å²) in [6.45, 7) is 0. The van der Waals surface area contributed by atoms with Crippen LogP contribution < -0.4 is 0 Å². The summed E-state index contributed by atoms with van der Waals surface area (Å²) < 4.78 is 2.40. The molecule has 0 unspecified atom stereocenters. The van der Waals surface area contributed by atoms with Crippen LogP contribution in [0.1, 0.15) is 0 Å². The SMILES string of the molecule is c1ccc2cc(-c3nc(-c4ccc(-n5c6ccc7ccccc7c6c6c7ccccc7ccc65)cc4)nc4ccccc34)ccc2c1. The zero-order chi connectivity index (χ0) is 30.9. The summed E-state index contributed by atoms with van der Waals surface area (Å²) in [6, 6.07) is 58.4. The van der Waals surface area contributed by atoms with Crippen LogP contribution in [0.4, 0.5) is 0 Å². The maximum Gasteiger partial charge on any atom is 0.160 e. The van der Waals surface area contributed by atoms with Gasteiger partial charge in [0, 0.05) is 33.0 Å². The minimum Gasteiger partial charge on any atom is -0.309 e. The third-order valence-corrected chi connectivity index (χ3v) is 9.56. The molecule has 0 amide bonds. The third kappa shape index (κ3) is 4.00. The Morgan fingerprint density at radius 1 is 0.383 bits per heavy atom. The van der Waals surface area contributed by atoms with E-state index < -0.39 is 0 Å². The van der Waals surface area contributed by atoms with E-state index in [4.69, 9.17) is 9.97 Å². The van der Waals surface area contributed by atoms with Gasteiger partial charge in [0.25, 0.3) is 0 Å². The Morgan fingerprint density at radius 2 is 0.915 bits per heavy atom. The van der Waals surface area contributed by atoms with Crippen molar-refractivity contribution < 1.29 is 0 Å². The molecule has 218 valence electrons. The Labute approximate surface area is 271 Å². The first-order valence-corrected chi connectivity index (χ1v) is 16.0. The number of rotatable bonds is 3. The van der Waals surface area contributed by atoms with Crippen molar-refractivity contribution in [2.24, 2.45) is 0 Å². The van der Waals surface area contributed by atoms with Gasteiger partial charge in [-0.25, -0.2) is 9.97 Å². The summed E-state index contributed by atoms with van der Waals surface area (Å²) in [5, 5.41) is 11.1. The van der Waals surface area contributed by atoms with E-state index in [2.05, 4.69) is 162 Å². The zero-order valence-electron chi connectivity index (χ0n) is 25.4. The molecular weight excluding hydrogens is 571 g/mol. The van der Waals surface area contributed by atoms with Crippen molar-refractivity contribution in [2.75, 3.05) is 0 Å². The maximum absolute atomic E-state index is 5.19. The lowest BCUT2D eigenvalue weighted by atomic mass is 10.00. The van der Waals surface area contributed by atoms with Gasteiger partial charge in [-0.05, 0) is 80.8 Å². The van der Waals surface area contributed by atoms with Crippen LogP contribution >= 0.6 is 0 Å². The molecule has 2 heterocycles. The average molecular weight is 598 g/mol. The van der Waals surface area contributed by atoms with Crippen LogP contribution in [0.3, 0.4) is 0 Å². The Morgan fingerprint density at radius 3 is 1.60 bits per heavy atom. The van der Waals surface area contributed by atoms with E-state index in [1.54, 1.807) is 0 Å². The molecule has 2 aromatic heterocycles. The van der Waals surface area contributed by atoms with Gasteiger partial charge in [-0.1, -0.05) is 115 Å². The van der Waals surface area contributed by atoms with Crippen molar-refractivity contribution >= 4 is 65.0 Å². The molecule has 10 rings (SSSR count). The minimum absolute atomic E-state index is 0.720. The number of fused-ring (bicyclic) bond motifs is 9. The van der Waals surface area contributed by atoms with Crippen LogP contribution in [0.25, 0.3) is 93.4 Å². The molecule has 3 heteroatoms. The van der Waals surface area contributed by atoms with Crippen LogP contribution in [0, 0.1) is 0 Å². The second-order valence-electron chi connectivity index (χ2n) is 12.2. The van der Waals surface area contributed by atoms with Gasteiger partial charge in [-0.15, -0.1) is 0 Å². The first-order valence-electron chi connectivity index (χ1n) is 16.0. The molecule has 0 aliphatic heterocycles. The van der Waals surface area contributed by atoms with Gasteiger partial charge in [-0.2, -0.15) is 0 Å². The highest BCUT2D eigenvalue weighted by atomic mass is 15.0. The number of hydrogen-bond acceptors (Lipinski definition) is 2. The molecule has 0 aliphatic carbocycles. The Kier molecular flexibility index (Phi) is 5.57. The van der Waals surface area contributed by atoms with Gasteiger partial charge >= 0.3 is 0 Å². The largest absolute Gasteiger partial charge is 0.309 e. The summed E-state index contributed by atoms with van der Waals surface area (Å²) >= 11 is 0. The highest BCUT2D eigenvalue weighted by Crippen LogP contribution is 2.40. The van der Waals surface area contributed by atoms with Gasteiger partial charge < -0.3 is 4.57 Å². The number of para-hydroxylation sites is 1. The second-order valence-corrected chi connectivity index (χ2v) is 12.2. The quantitative estimate of drug-likeness (QED) is 0.203. The summed E-state index contributed by atoms with van der Waals surface area (Å²) in [7, 11) is 0. The summed E-state index contributed by atoms with van der Waals surface area (Å²) in [4.78, 5) is 10.2. The molecule has 0 aliphatic rings. The predicted molar refractivity (Wildman–Crippen MR) is 197 cm³/mol. The topological polar surface area (TPSA) is 30.7 Å². The van der Waals surface area contributed by atoms with Crippen LogP contribution in [0.2, 0.25) is 0 Å². The van der Waals surface area contributed by atoms with Crippen molar-refractivity contribution in [3.05, 3.63) is 164 Å². The summed E-state index contributed by atoms with van der Waals surface area (Å²) in [5.41, 5.74) is 7.46. The fourth-order valence-electron chi connectivity index (χ4n) is 7.35. The van der Waals surface area contributed by atoms with Crippen molar-refractivity contribution in [3.63, 3.8) is 0 Å². The minimum atomic E-state index is 0.720. The van der Waals surface area contributed by atoms with E-state index in [1.165, 1.54) is 54.1 Å². The van der Waals surface area contributed by atoms with Crippen molar-refractivity contribution in [1.82, 2.24) is 14.5 Å². The zero-order valence-corrected chi connectivity index (χ0v) is 25.4. The van der Waals surface area contributed by atoms with Crippen molar-refractivity contribution in [3.8, 4) is 28.3 Å². The van der Waals surface area contributed by atoms with Crippen LogP contribution in [-0.4, -0.2) is 14.5 Å². The third-order valence-electron chi connectivity index (χ3n) is 9.56. The average Bonchev–Trinajstić information content (AvgIpc) is 3.49. The van der Waals surface area contributed by atoms with Crippen LogP contribution in [-0.2, 0) is 0 Å². The molecule has 0 spiro atoms. The summed E-state index contributed by atoms with van der Waals surface area (Å²) in [6.07, 6.45) is 0. The molecule has 0 radical (unpaired) electrons. The van der Waals surface area contributed by atoms with Gasteiger partial charge in [-0.3, -0.25) is 0 Å². The standard InChI is InChI=1S/C44H27N3/c1-2-12-32-27-33(18-17-28(32)9-1)43-37-15-7-8-16-38(37)45-44(46-43)31-19-23-34(24-20-31)47-39-25-21-29-10-3-5-13-35(29)41(39)42-36-14-6-4-11-30(36)22-26-40(42)47/h1-27H. The highest BCUT2D eigenvalue weighted by molar-refractivity contribution is 6.28. The molecule has 47 heavy (non-hydrogen) atoms. The predicted octanol–water partition coefficient (Wildman–Crippen LogP) is 11.5. The molecular formula is C44H27N3. The Hall–Kier alpha value is -6.32. The fraction of sp³-hybridized carbons (Fsp3) is 0.